The van der Waals surface area contributed by atoms with Crippen molar-refractivity contribution in [2.24, 2.45) is 5.92 Å². The summed E-state index contributed by atoms with van der Waals surface area (Å²) in [6.07, 6.45) is 0. The Morgan fingerprint density at radius 2 is 2.00 bits per heavy atom. The van der Waals surface area contributed by atoms with Gasteiger partial charge in [0.15, 0.2) is 0 Å². The van der Waals surface area contributed by atoms with Gasteiger partial charge >= 0.3 is 0 Å². The van der Waals surface area contributed by atoms with E-state index < -0.39 is 10.0 Å². The number of hydrogen-bond donors (Lipinski definition) is 2. The highest BCUT2D eigenvalue weighted by Crippen LogP contribution is 2.24. The van der Waals surface area contributed by atoms with Crippen LogP contribution in [0, 0.1) is 5.92 Å². The van der Waals surface area contributed by atoms with Crippen LogP contribution in [0.1, 0.15) is 13.8 Å². The van der Waals surface area contributed by atoms with Gasteiger partial charge in [-0.05, 0) is 24.1 Å². The number of anilines is 2. The predicted molar refractivity (Wildman–Crippen MR) is 85.9 cm³/mol. The van der Waals surface area contributed by atoms with Crippen molar-refractivity contribution in [1.82, 2.24) is 4.31 Å². The van der Waals surface area contributed by atoms with Crippen LogP contribution in [-0.2, 0) is 14.8 Å². The largest absolute Gasteiger partial charge is 0.397 e. The van der Waals surface area contributed by atoms with Crippen molar-refractivity contribution in [3.05, 3.63) is 18.2 Å². The molecule has 6 nitrogen and oxygen atoms in total. The number of nitrogens with one attached hydrogen (secondary N) is 1. The lowest BCUT2D eigenvalue weighted by molar-refractivity contribution is 0.118. The lowest BCUT2D eigenvalue weighted by atomic mass is 10.2. The Morgan fingerprint density at radius 3 is 2.57 bits per heavy atom. The number of sulfonamides is 1. The van der Waals surface area contributed by atoms with E-state index >= 15 is 0 Å². The summed E-state index contributed by atoms with van der Waals surface area (Å²) in [5, 5.41) is 3.11. The molecule has 1 rings (SSSR count). The number of nitrogens with two attached hydrogens (primary N) is 1. The van der Waals surface area contributed by atoms with Gasteiger partial charge in [0.1, 0.15) is 0 Å². The molecule has 0 saturated heterocycles. The highest BCUT2D eigenvalue weighted by Gasteiger charge is 2.18. The molecule has 0 atom stereocenters. The Bertz CT molecular complexity index is 557. The summed E-state index contributed by atoms with van der Waals surface area (Å²) in [5.74, 6) is 0.489. The molecule has 0 heterocycles. The van der Waals surface area contributed by atoms with E-state index in [0.717, 1.165) is 0 Å². The highest BCUT2D eigenvalue weighted by molar-refractivity contribution is 7.89. The number of hydrogen-bond acceptors (Lipinski definition) is 5. The average Bonchev–Trinajstić information content (AvgIpc) is 2.39. The molecule has 0 radical (unpaired) electrons. The molecule has 120 valence electrons. The van der Waals surface area contributed by atoms with E-state index in [-0.39, 0.29) is 4.90 Å². The second-order valence-electron chi connectivity index (χ2n) is 5.43. The first-order chi connectivity index (χ1) is 9.75. The molecular weight excluding hydrogens is 290 g/mol. The summed E-state index contributed by atoms with van der Waals surface area (Å²) in [5.41, 5.74) is 6.97. The third-order valence-electron chi connectivity index (χ3n) is 2.82. The maximum atomic E-state index is 12.1. The fourth-order valence-corrected chi connectivity index (χ4v) is 2.57. The molecule has 1 aromatic rings. The average molecular weight is 315 g/mol. The van der Waals surface area contributed by atoms with Crippen LogP contribution in [0.5, 0.6) is 0 Å². The van der Waals surface area contributed by atoms with E-state index in [4.69, 9.17) is 10.5 Å². The van der Waals surface area contributed by atoms with E-state index in [1.165, 1.54) is 24.5 Å². The summed E-state index contributed by atoms with van der Waals surface area (Å²) in [6, 6.07) is 4.64. The molecule has 0 aliphatic heterocycles. The number of benzene rings is 1. The van der Waals surface area contributed by atoms with Gasteiger partial charge in [-0.2, -0.15) is 0 Å². The van der Waals surface area contributed by atoms with Crippen molar-refractivity contribution < 1.29 is 13.2 Å². The molecule has 0 fully saturated rings. The molecule has 0 amide bonds. The van der Waals surface area contributed by atoms with Crippen molar-refractivity contribution in [3.63, 3.8) is 0 Å². The van der Waals surface area contributed by atoms with Crippen LogP contribution < -0.4 is 11.1 Å². The summed E-state index contributed by atoms with van der Waals surface area (Å²) in [7, 11) is -0.459. The van der Waals surface area contributed by atoms with Crippen molar-refractivity contribution in [2.75, 3.05) is 44.9 Å². The van der Waals surface area contributed by atoms with Gasteiger partial charge in [-0.25, -0.2) is 12.7 Å². The van der Waals surface area contributed by atoms with E-state index in [9.17, 15) is 8.42 Å². The predicted octanol–water partition coefficient (Wildman–Crippen LogP) is 1.60. The smallest absolute Gasteiger partial charge is 0.242 e. The normalized spacial score (nSPS) is 12.1. The standard InChI is InChI=1S/C14H25N3O3S/c1-11(2)10-20-8-7-16-14-9-12(5-6-13(14)15)21(18,19)17(3)4/h5-6,9,11,16H,7-8,10,15H2,1-4H3. The Balaban J connectivity index is 2.71. The molecular formula is C14H25N3O3S. The number of ether oxygens (including phenoxy) is 1. The third-order valence-corrected chi connectivity index (χ3v) is 4.63. The van der Waals surface area contributed by atoms with Crippen LogP contribution in [0.25, 0.3) is 0 Å². The monoisotopic (exact) mass is 315 g/mol. The SMILES string of the molecule is CC(C)COCCNc1cc(S(=O)(=O)N(C)C)ccc1N. The second kappa shape index (κ2) is 7.63. The van der Waals surface area contributed by atoms with Gasteiger partial charge in [0, 0.05) is 27.2 Å². The maximum absolute atomic E-state index is 12.1. The molecule has 1 aromatic carbocycles. The fraction of sp³-hybridized carbons (Fsp3) is 0.571. The zero-order valence-corrected chi connectivity index (χ0v) is 13.9. The quantitative estimate of drug-likeness (QED) is 0.562. The third kappa shape index (κ3) is 5.18. The minimum Gasteiger partial charge on any atom is -0.397 e. The van der Waals surface area contributed by atoms with E-state index in [1.807, 2.05) is 0 Å². The van der Waals surface area contributed by atoms with Gasteiger partial charge in [0.2, 0.25) is 10.0 Å². The van der Waals surface area contributed by atoms with Gasteiger partial charge in [0.25, 0.3) is 0 Å². The minimum absolute atomic E-state index is 0.215. The van der Waals surface area contributed by atoms with Crippen LogP contribution in [0.3, 0.4) is 0 Å². The van der Waals surface area contributed by atoms with Crippen molar-refractivity contribution >= 4 is 21.4 Å². The van der Waals surface area contributed by atoms with Crippen LogP contribution >= 0.6 is 0 Å². The molecule has 0 aliphatic rings. The molecule has 21 heavy (non-hydrogen) atoms. The zero-order chi connectivity index (χ0) is 16.0. The molecule has 0 bridgehead atoms. The topological polar surface area (TPSA) is 84.7 Å². The Labute approximate surface area is 127 Å². The Hall–Kier alpha value is -1.31. The number of nitrogens with zero attached hydrogens (tertiary/aromatic N) is 1. The molecule has 0 saturated carbocycles. The van der Waals surface area contributed by atoms with E-state index in [2.05, 4.69) is 19.2 Å². The van der Waals surface area contributed by atoms with Gasteiger partial charge in [-0.3, -0.25) is 0 Å². The first kappa shape index (κ1) is 17.7. The van der Waals surface area contributed by atoms with Crippen LogP contribution in [0.4, 0.5) is 11.4 Å². The summed E-state index contributed by atoms with van der Waals surface area (Å²) in [4.78, 5) is 0.215. The van der Waals surface area contributed by atoms with E-state index in [0.29, 0.717) is 37.1 Å². The number of nitrogen functional groups attached to an aromatic ring is 1. The van der Waals surface area contributed by atoms with Gasteiger partial charge in [-0.1, -0.05) is 13.8 Å². The lowest BCUT2D eigenvalue weighted by Crippen LogP contribution is -2.22. The molecule has 3 N–H and O–H groups in total. The highest BCUT2D eigenvalue weighted by atomic mass is 32.2. The minimum atomic E-state index is -3.46. The molecule has 0 spiro atoms. The molecule has 7 heteroatoms. The molecule has 0 aliphatic carbocycles. The molecule has 0 aromatic heterocycles. The van der Waals surface area contributed by atoms with Crippen molar-refractivity contribution in [1.29, 1.82) is 0 Å². The Kier molecular flexibility index (Phi) is 6.44. The zero-order valence-electron chi connectivity index (χ0n) is 13.1. The van der Waals surface area contributed by atoms with E-state index in [1.54, 1.807) is 12.1 Å². The lowest BCUT2D eigenvalue weighted by Gasteiger charge is -2.15. The first-order valence-corrected chi connectivity index (χ1v) is 8.33. The summed E-state index contributed by atoms with van der Waals surface area (Å²) >= 11 is 0. The maximum Gasteiger partial charge on any atom is 0.242 e. The molecule has 0 unspecified atom stereocenters. The summed E-state index contributed by atoms with van der Waals surface area (Å²) < 4.78 is 30.8. The van der Waals surface area contributed by atoms with Crippen molar-refractivity contribution in [3.8, 4) is 0 Å². The van der Waals surface area contributed by atoms with Crippen LogP contribution in [0.2, 0.25) is 0 Å². The number of rotatable bonds is 8. The van der Waals surface area contributed by atoms with Crippen LogP contribution in [-0.4, -0.2) is 46.6 Å². The van der Waals surface area contributed by atoms with Gasteiger partial charge in [-0.15, -0.1) is 0 Å². The first-order valence-electron chi connectivity index (χ1n) is 6.89. The van der Waals surface area contributed by atoms with Gasteiger partial charge < -0.3 is 15.8 Å². The Morgan fingerprint density at radius 1 is 1.33 bits per heavy atom. The van der Waals surface area contributed by atoms with Crippen molar-refractivity contribution in [2.45, 2.75) is 18.7 Å². The summed E-state index contributed by atoms with van der Waals surface area (Å²) in [6.45, 7) is 5.98. The van der Waals surface area contributed by atoms with Crippen LogP contribution in [0.15, 0.2) is 23.1 Å². The van der Waals surface area contributed by atoms with Gasteiger partial charge in [0.05, 0.1) is 22.9 Å². The fourth-order valence-electron chi connectivity index (χ4n) is 1.64. The second-order valence-corrected chi connectivity index (χ2v) is 7.58.